The largest absolute Gasteiger partial charge is 0.508 e. The summed E-state index contributed by atoms with van der Waals surface area (Å²) in [7, 11) is 0. The third kappa shape index (κ3) is 2.88. The summed E-state index contributed by atoms with van der Waals surface area (Å²) in [4.78, 5) is 0. The van der Waals surface area contributed by atoms with Crippen molar-refractivity contribution in [1.82, 2.24) is 15.1 Å². The smallest absolute Gasteiger partial charge is 0.115 e. The van der Waals surface area contributed by atoms with Gasteiger partial charge in [-0.25, -0.2) is 0 Å². The van der Waals surface area contributed by atoms with Gasteiger partial charge in [0.2, 0.25) is 0 Å². The third-order valence-corrected chi connectivity index (χ3v) is 4.61. The van der Waals surface area contributed by atoms with Gasteiger partial charge in [0.05, 0.1) is 23.9 Å². The number of fused-ring (bicyclic) bond motifs is 1. The van der Waals surface area contributed by atoms with Crippen LogP contribution >= 0.6 is 0 Å². The van der Waals surface area contributed by atoms with Gasteiger partial charge in [0.15, 0.2) is 0 Å². The second-order valence-electron chi connectivity index (χ2n) is 6.17. The van der Waals surface area contributed by atoms with Crippen molar-refractivity contribution in [3.63, 3.8) is 0 Å². The molecule has 0 aliphatic carbocycles. The molecule has 4 rings (SSSR count). The SMILES string of the molecule is N#Cc1ccccc1Cn1nc(-c2ccc(O)cc2)c2c1CCNC2. The quantitative estimate of drug-likeness (QED) is 0.774. The van der Waals surface area contributed by atoms with Crippen LogP contribution in [0.5, 0.6) is 5.75 Å². The number of aromatic hydroxyl groups is 1. The predicted molar refractivity (Wildman–Crippen MR) is 95.0 cm³/mol. The van der Waals surface area contributed by atoms with E-state index in [2.05, 4.69) is 11.4 Å². The summed E-state index contributed by atoms with van der Waals surface area (Å²) in [5, 5.41) is 27.1. The van der Waals surface area contributed by atoms with Crippen LogP contribution in [0.15, 0.2) is 48.5 Å². The molecule has 1 aromatic heterocycles. The lowest BCUT2D eigenvalue weighted by Crippen LogP contribution is -2.25. The van der Waals surface area contributed by atoms with E-state index >= 15 is 0 Å². The van der Waals surface area contributed by atoms with Gasteiger partial charge in [-0.3, -0.25) is 4.68 Å². The first-order valence-electron chi connectivity index (χ1n) is 8.33. The summed E-state index contributed by atoms with van der Waals surface area (Å²) in [6.45, 7) is 2.29. The Labute approximate surface area is 146 Å². The third-order valence-electron chi connectivity index (χ3n) is 4.61. The van der Waals surface area contributed by atoms with Gasteiger partial charge in [0.25, 0.3) is 0 Å². The number of nitrogens with one attached hydrogen (secondary N) is 1. The van der Waals surface area contributed by atoms with Crippen molar-refractivity contribution < 1.29 is 5.11 Å². The van der Waals surface area contributed by atoms with Crippen LogP contribution in [0.2, 0.25) is 0 Å². The van der Waals surface area contributed by atoms with Gasteiger partial charge >= 0.3 is 0 Å². The second kappa shape index (κ2) is 6.42. The standard InChI is InChI=1S/C20H18N4O/c21-11-15-3-1-2-4-16(15)13-24-19-9-10-22-12-18(19)20(23-24)14-5-7-17(25)8-6-14/h1-8,22,25H,9-10,12-13H2. The highest BCUT2D eigenvalue weighted by atomic mass is 16.3. The summed E-state index contributed by atoms with van der Waals surface area (Å²) < 4.78 is 2.02. The molecule has 124 valence electrons. The highest BCUT2D eigenvalue weighted by Gasteiger charge is 2.22. The fourth-order valence-electron chi connectivity index (χ4n) is 3.33. The van der Waals surface area contributed by atoms with Crippen molar-refractivity contribution in [2.75, 3.05) is 6.54 Å². The molecule has 5 heteroatoms. The number of hydrogen-bond donors (Lipinski definition) is 2. The molecule has 25 heavy (non-hydrogen) atoms. The highest BCUT2D eigenvalue weighted by Crippen LogP contribution is 2.29. The Hall–Kier alpha value is -3.10. The lowest BCUT2D eigenvalue weighted by Gasteiger charge is -2.16. The molecule has 0 fully saturated rings. The molecule has 0 bridgehead atoms. The zero-order valence-electron chi connectivity index (χ0n) is 13.7. The van der Waals surface area contributed by atoms with Crippen molar-refractivity contribution in [2.45, 2.75) is 19.5 Å². The van der Waals surface area contributed by atoms with Crippen molar-refractivity contribution in [3.05, 3.63) is 70.9 Å². The van der Waals surface area contributed by atoms with Crippen LogP contribution < -0.4 is 5.32 Å². The maximum absolute atomic E-state index is 9.53. The van der Waals surface area contributed by atoms with E-state index in [-0.39, 0.29) is 5.75 Å². The molecule has 0 atom stereocenters. The molecule has 2 aromatic carbocycles. The maximum atomic E-state index is 9.53. The molecular weight excluding hydrogens is 312 g/mol. The number of aromatic nitrogens is 2. The van der Waals surface area contributed by atoms with E-state index in [1.165, 1.54) is 11.3 Å². The minimum Gasteiger partial charge on any atom is -0.508 e. The van der Waals surface area contributed by atoms with E-state index in [4.69, 9.17) is 5.10 Å². The highest BCUT2D eigenvalue weighted by molar-refractivity contribution is 5.65. The Balaban J connectivity index is 1.78. The zero-order valence-corrected chi connectivity index (χ0v) is 13.7. The fourth-order valence-corrected chi connectivity index (χ4v) is 3.33. The van der Waals surface area contributed by atoms with Crippen LogP contribution in [0.1, 0.15) is 22.4 Å². The van der Waals surface area contributed by atoms with Gasteiger partial charge in [0.1, 0.15) is 5.75 Å². The Morgan fingerprint density at radius 3 is 2.76 bits per heavy atom. The molecule has 2 heterocycles. The van der Waals surface area contributed by atoms with Gasteiger partial charge in [-0.15, -0.1) is 0 Å². The lowest BCUT2D eigenvalue weighted by molar-refractivity contribution is 0.475. The molecule has 3 aromatic rings. The average Bonchev–Trinajstić information content (AvgIpc) is 3.02. The van der Waals surface area contributed by atoms with Crippen LogP contribution in [0.3, 0.4) is 0 Å². The molecule has 1 aliphatic heterocycles. The first-order valence-corrected chi connectivity index (χ1v) is 8.33. The van der Waals surface area contributed by atoms with Crippen molar-refractivity contribution >= 4 is 0 Å². The molecule has 2 N–H and O–H groups in total. The van der Waals surface area contributed by atoms with E-state index in [1.54, 1.807) is 12.1 Å². The number of nitriles is 1. The van der Waals surface area contributed by atoms with Crippen molar-refractivity contribution in [1.29, 1.82) is 5.26 Å². The number of phenols is 1. The van der Waals surface area contributed by atoms with E-state index in [9.17, 15) is 10.4 Å². The minimum atomic E-state index is 0.248. The monoisotopic (exact) mass is 330 g/mol. The van der Waals surface area contributed by atoms with Crippen LogP contribution in [0, 0.1) is 11.3 Å². The molecule has 5 nitrogen and oxygen atoms in total. The van der Waals surface area contributed by atoms with Crippen LogP contribution in [-0.4, -0.2) is 21.4 Å². The molecular formula is C20H18N4O. The molecule has 0 saturated heterocycles. The number of hydrogen-bond acceptors (Lipinski definition) is 4. The summed E-state index contributed by atoms with van der Waals surface area (Å²) in [5.74, 6) is 0.248. The Bertz CT molecular complexity index is 951. The van der Waals surface area contributed by atoms with E-state index in [1.807, 2.05) is 41.1 Å². The molecule has 1 aliphatic rings. The molecule has 0 saturated carbocycles. The number of rotatable bonds is 3. The second-order valence-corrected chi connectivity index (χ2v) is 6.17. The fraction of sp³-hybridized carbons (Fsp3) is 0.200. The number of benzene rings is 2. The minimum absolute atomic E-state index is 0.248. The van der Waals surface area contributed by atoms with E-state index in [0.29, 0.717) is 12.1 Å². The van der Waals surface area contributed by atoms with Crippen LogP contribution in [0.4, 0.5) is 0 Å². The topological polar surface area (TPSA) is 73.9 Å². The number of phenolic OH excluding ortho intramolecular Hbond substituents is 1. The van der Waals surface area contributed by atoms with Gasteiger partial charge < -0.3 is 10.4 Å². The maximum Gasteiger partial charge on any atom is 0.115 e. The van der Waals surface area contributed by atoms with Gasteiger partial charge in [-0.1, -0.05) is 18.2 Å². The van der Waals surface area contributed by atoms with E-state index < -0.39 is 0 Å². The van der Waals surface area contributed by atoms with E-state index in [0.717, 1.165) is 36.3 Å². The Morgan fingerprint density at radius 1 is 1.16 bits per heavy atom. The first kappa shape index (κ1) is 15.4. The van der Waals surface area contributed by atoms with Gasteiger partial charge in [0, 0.05) is 36.3 Å². The average molecular weight is 330 g/mol. The normalized spacial score (nSPS) is 13.2. The first-order chi connectivity index (χ1) is 12.3. The summed E-state index contributed by atoms with van der Waals surface area (Å²) in [5.41, 5.74) is 6.01. The molecule has 0 radical (unpaired) electrons. The van der Waals surface area contributed by atoms with Crippen molar-refractivity contribution in [3.8, 4) is 23.1 Å². The van der Waals surface area contributed by atoms with Crippen LogP contribution in [-0.2, 0) is 19.5 Å². The predicted octanol–water partition coefficient (Wildman–Crippen LogP) is 2.82. The number of nitrogens with zero attached hydrogens (tertiary/aromatic N) is 3. The summed E-state index contributed by atoms with van der Waals surface area (Å²) >= 11 is 0. The Kier molecular flexibility index (Phi) is 3.96. The molecule has 0 spiro atoms. The summed E-state index contributed by atoms with van der Waals surface area (Å²) in [6, 6.07) is 17.1. The summed E-state index contributed by atoms with van der Waals surface area (Å²) in [6.07, 6.45) is 0.912. The lowest BCUT2D eigenvalue weighted by atomic mass is 10.0. The Morgan fingerprint density at radius 2 is 1.96 bits per heavy atom. The molecule has 0 amide bonds. The molecule has 0 unspecified atom stereocenters. The van der Waals surface area contributed by atoms with Crippen molar-refractivity contribution in [2.24, 2.45) is 0 Å². The van der Waals surface area contributed by atoms with Gasteiger partial charge in [-0.2, -0.15) is 10.4 Å². The zero-order chi connectivity index (χ0) is 17.2. The van der Waals surface area contributed by atoms with Crippen LogP contribution in [0.25, 0.3) is 11.3 Å². The van der Waals surface area contributed by atoms with Gasteiger partial charge in [-0.05, 0) is 35.9 Å².